The van der Waals surface area contributed by atoms with Gasteiger partial charge in [0.1, 0.15) is 0 Å². The fourth-order valence-electron chi connectivity index (χ4n) is 1.97. The van der Waals surface area contributed by atoms with Crippen molar-refractivity contribution >= 4 is 5.91 Å². The molecule has 1 amide bonds. The van der Waals surface area contributed by atoms with E-state index in [2.05, 4.69) is 0 Å². The first kappa shape index (κ1) is 17.3. The van der Waals surface area contributed by atoms with E-state index < -0.39 is 0 Å². The van der Waals surface area contributed by atoms with Crippen molar-refractivity contribution in [3.63, 3.8) is 0 Å². The number of hydrogen-bond acceptors (Lipinski definition) is 4. The maximum atomic E-state index is 11.6. The Morgan fingerprint density at radius 2 is 2.05 bits per heavy atom. The zero-order valence-electron chi connectivity index (χ0n) is 13.4. The first-order valence-corrected chi connectivity index (χ1v) is 7.28. The molecule has 1 aromatic rings. The highest BCUT2D eigenvalue weighted by atomic mass is 16.5. The van der Waals surface area contributed by atoms with Crippen LogP contribution in [0, 0.1) is 0 Å². The fraction of sp³-hybridized carbons (Fsp3) is 0.562. The third kappa shape index (κ3) is 5.63. The summed E-state index contributed by atoms with van der Waals surface area (Å²) in [5, 5.41) is 0. The molecule has 5 heteroatoms. The number of benzene rings is 1. The first-order valence-electron chi connectivity index (χ1n) is 7.28. The molecule has 2 N–H and O–H groups in total. The van der Waals surface area contributed by atoms with Crippen molar-refractivity contribution in [2.75, 3.05) is 27.3 Å². The van der Waals surface area contributed by atoms with Crippen molar-refractivity contribution < 1.29 is 14.3 Å². The molecule has 118 valence electrons. The van der Waals surface area contributed by atoms with Gasteiger partial charge in [-0.15, -0.1) is 0 Å². The topological polar surface area (TPSA) is 64.8 Å². The average Bonchev–Trinajstić information content (AvgIpc) is 2.41. The van der Waals surface area contributed by atoms with Gasteiger partial charge in [-0.2, -0.15) is 0 Å². The Morgan fingerprint density at radius 3 is 2.62 bits per heavy atom. The van der Waals surface area contributed by atoms with Gasteiger partial charge in [0.25, 0.3) is 0 Å². The van der Waals surface area contributed by atoms with Gasteiger partial charge in [0.15, 0.2) is 11.5 Å². The molecule has 0 aliphatic heterocycles. The number of carbonyl (C=O) groups is 1. The summed E-state index contributed by atoms with van der Waals surface area (Å²) in [6.07, 6.45) is 1.04. The van der Waals surface area contributed by atoms with Crippen molar-refractivity contribution in [1.82, 2.24) is 4.90 Å². The molecule has 21 heavy (non-hydrogen) atoms. The quantitative estimate of drug-likeness (QED) is 0.794. The monoisotopic (exact) mass is 294 g/mol. The lowest BCUT2D eigenvalue weighted by molar-refractivity contribution is -0.129. The molecule has 0 bridgehead atoms. The molecule has 0 aromatic heterocycles. The van der Waals surface area contributed by atoms with E-state index in [4.69, 9.17) is 15.2 Å². The smallest absolute Gasteiger partial charge is 0.225 e. The van der Waals surface area contributed by atoms with Crippen LogP contribution in [0.2, 0.25) is 0 Å². The Labute approximate surface area is 127 Å². The summed E-state index contributed by atoms with van der Waals surface area (Å²) in [4.78, 5) is 13.2. The van der Waals surface area contributed by atoms with Gasteiger partial charge in [0.05, 0.1) is 19.6 Å². The number of nitrogens with two attached hydrogens (primary N) is 1. The lowest BCUT2D eigenvalue weighted by Gasteiger charge is -2.17. The van der Waals surface area contributed by atoms with Crippen molar-refractivity contribution in [2.45, 2.75) is 32.7 Å². The summed E-state index contributed by atoms with van der Waals surface area (Å²) in [7, 11) is 3.47. The Morgan fingerprint density at radius 1 is 1.33 bits per heavy atom. The van der Waals surface area contributed by atoms with Crippen molar-refractivity contribution in [3.8, 4) is 11.5 Å². The van der Waals surface area contributed by atoms with Gasteiger partial charge in [-0.1, -0.05) is 12.1 Å². The van der Waals surface area contributed by atoms with E-state index in [0.717, 1.165) is 5.56 Å². The van der Waals surface area contributed by atoms with Gasteiger partial charge < -0.3 is 20.1 Å². The normalized spacial score (nSPS) is 11.9. The summed E-state index contributed by atoms with van der Waals surface area (Å²) >= 11 is 0. The molecule has 0 aliphatic rings. The second-order valence-electron chi connectivity index (χ2n) is 5.25. The molecular weight excluding hydrogens is 268 g/mol. The summed E-state index contributed by atoms with van der Waals surface area (Å²) in [6.45, 7) is 4.77. The second-order valence-corrected chi connectivity index (χ2v) is 5.25. The number of ether oxygens (including phenoxy) is 2. The highest BCUT2D eigenvalue weighted by Gasteiger charge is 2.13. The lowest BCUT2D eigenvalue weighted by Crippen LogP contribution is -2.23. The number of carbonyl (C=O) groups excluding carboxylic acids is 1. The Kier molecular flexibility index (Phi) is 7.02. The molecular formula is C16H26N2O3. The van der Waals surface area contributed by atoms with E-state index in [1.165, 1.54) is 0 Å². The lowest BCUT2D eigenvalue weighted by atomic mass is 10.1. The molecule has 0 radical (unpaired) electrons. The van der Waals surface area contributed by atoms with Gasteiger partial charge in [0, 0.05) is 20.1 Å². The molecule has 0 saturated carbocycles. The van der Waals surface area contributed by atoms with E-state index in [9.17, 15) is 4.79 Å². The third-order valence-corrected chi connectivity index (χ3v) is 2.96. The molecule has 1 aromatic carbocycles. The standard InChI is InChI=1S/C16H26N2O3/c1-5-20-14-8-6-7-13(11-12(2)17)16(14)21-10-9-15(19)18(3)4/h6-8,12H,5,9-11,17H2,1-4H3. The number of amides is 1. The minimum atomic E-state index is 0.0348. The van der Waals surface area contributed by atoms with Gasteiger partial charge in [-0.05, 0) is 31.9 Å². The molecule has 5 nitrogen and oxygen atoms in total. The van der Waals surface area contributed by atoms with E-state index in [1.54, 1.807) is 19.0 Å². The largest absolute Gasteiger partial charge is 0.490 e. The number of hydrogen-bond donors (Lipinski definition) is 1. The molecule has 1 rings (SSSR count). The van der Waals surface area contributed by atoms with Crippen LogP contribution < -0.4 is 15.2 Å². The van der Waals surface area contributed by atoms with Crippen LogP contribution >= 0.6 is 0 Å². The molecule has 1 atom stereocenters. The molecule has 0 heterocycles. The van der Waals surface area contributed by atoms with Gasteiger partial charge in [0.2, 0.25) is 5.91 Å². The third-order valence-electron chi connectivity index (χ3n) is 2.96. The second kappa shape index (κ2) is 8.52. The van der Waals surface area contributed by atoms with Crippen LogP contribution in [0.15, 0.2) is 18.2 Å². The van der Waals surface area contributed by atoms with E-state index in [0.29, 0.717) is 37.6 Å². The highest BCUT2D eigenvalue weighted by molar-refractivity contribution is 5.75. The average molecular weight is 294 g/mol. The number of rotatable bonds is 8. The minimum Gasteiger partial charge on any atom is -0.490 e. The number of para-hydroxylation sites is 1. The minimum absolute atomic E-state index is 0.0348. The summed E-state index contributed by atoms with van der Waals surface area (Å²) in [5.41, 5.74) is 6.88. The maximum absolute atomic E-state index is 11.6. The predicted molar refractivity (Wildman–Crippen MR) is 83.8 cm³/mol. The molecule has 1 unspecified atom stereocenters. The van der Waals surface area contributed by atoms with Gasteiger partial charge in [-0.25, -0.2) is 0 Å². The van der Waals surface area contributed by atoms with Crippen LogP contribution in [0.3, 0.4) is 0 Å². The zero-order valence-corrected chi connectivity index (χ0v) is 13.4. The summed E-state index contributed by atoms with van der Waals surface area (Å²) < 4.78 is 11.4. The highest BCUT2D eigenvalue weighted by Crippen LogP contribution is 2.32. The molecule has 0 spiro atoms. The SMILES string of the molecule is CCOc1cccc(CC(C)N)c1OCCC(=O)N(C)C. The summed E-state index contributed by atoms with van der Waals surface area (Å²) in [5.74, 6) is 1.44. The van der Waals surface area contributed by atoms with E-state index >= 15 is 0 Å². The van der Waals surface area contributed by atoms with Crippen LogP contribution in [-0.2, 0) is 11.2 Å². The van der Waals surface area contributed by atoms with Crippen LogP contribution in [0.25, 0.3) is 0 Å². The number of nitrogens with zero attached hydrogens (tertiary/aromatic N) is 1. The zero-order chi connectivity index (χ0) is 15.8. The van der Waals surface area contributed by atoms with Crippen molar-refractivity contribution in [2.24, 2.45) is 5.73 Å². The van der Waals surface area contributed by atoms with E-state index in [1.807, 2.05) is 32.0 Å². The Balaban J connectivity index is 2.82. The first-order chi connectivity index (χ1) is 9.95. The fourth-order valence-corrected chi connectivity index (χ4v) is 1.97. The molecule has 0 fully saturated rings. The summed E-state index contributed by atoms with van der Waals surface area (Å²) in [6, 6.07) is 5.82. The molecule has 0 saturated heterocycles. The van der Waals surface area contributed by atoms with Crippen LogP contribution in [0.5, 0.6) is 11.5 Å². The molecule has 0 aliphatic carbocycles. The van der Waals surface area contributed by atoms with Gasteiger partial charge >= 0.3 is 0 Å². The Hall–Kier alpha value is -1.75. The van der Waals surface area contributed by atoms with Gasteiger partial charge in [-0.3, -0.25) is 4.79 Å². The predicted octanol–water partition coefficient (Wildman–Crippen LogP) is 1.83. The van der Waals surface area contributed by atoms with Crippen LogP contribution in [0.1, 0.15) is 25.8 Å². The van der Waals surface area contributed by atoms with Crippen LogP contribution in [0.4, 0.5) is 0 Å². The Bertz CT molecular complexity index is 459. The van der Waals surface area contributed by atoms with E-state index in [-0.39, 0.29) is 11.9 Å². The van der Waals surface area contributed by atoms with Crippen LogP contribution in [-0.4, -0.2) is 44.2 Å². The maximum Gasteiger partial charge on any atom is 0.225 e. The van der Waals surface area contributed by atoms with Crippen molar-refractivity contribution in [1.29, 1.82) is 0 Å². The van der Waals surface area contributed by atoms with Crippen molar-refractivity contribution in [3.05, 3.63) is 23.8 Å².